The second-order valence-corrected chi connectivity index (χ2v) is 6.98. The van der Waals surface area contributed by atoms with Gasteiger partial charge in [0.15, 0.2) is 0 Å². The van der Waals surface area contributed by atoms with Gasteiger partial charge in [-0.05, 0) is 26.0 Å². The van der Waals surface area contributed by atoms with Gasteiger partial charge in [0.25, 0.3) is 0 Å². The van der Waals surface area contributed by atoms with Crippen LogP contribution in [0.3, 0.4) is 0 Å². The van der Waals surface area contributed by atoms with E-state index in [2.05, 4.69) is 5.32 Å². The predicted molar refractivity (Wildman–Crippen MR) is 91.4 cm³/mol. The molecule has 0 spiro atoms. The lowest BCUT2D eigenvalue weighted by Gasteiger charge is -2.31. The number of carbonyl (C=O) groups excluding carboxylic acids is 3. The molecule has 0 saturated carbocycles. The average molecular weight is 352 g/mol. The molecular formula is C16H20N2O5S. The van der Waals surface area contributed by atoms with Gasteiger partial charge in [0.1, 0.15) is 18.0 Å². The maximum Gasteiger partial charge on any atom is 0.244 e. The molecule has 0 aliphatic carbocycles. The number of amides is 3. The minimum Gasteiger partial charge on any atom is -0.497 e. The number of thioether (sulfide) groups is 1. The smallest absolute Gasteiger partial charge is 0.244 e. The van der Waals surface area contributed by atoms with Crippen molar-refractivity contribution >= 4 is 35.2 Å². The van der Waals surface area contributed by atoms with Gasteiger partial charge in [-0.3, -0.25) is 19.3 Å². The standard InChI is InChI=1S/C16H20N2O5S/c1-9-15(20)18(16(21)10(2)24-9)8-14(19)17-12-7-11(22-3)5-6-13(12)23-4/h5-7,9-10H,8H2,1-4H3,(H,17,19)/t9-,10+. The highest BCUT2D eigenvalue weighted by molar-refractivity contribution is 8.02. The Labute approximate surface area is 144 Å². The Morgan fingerprint density at radius 1 is 1.17 bits per heavy atom. The van der Waals surface area contributed by atoms with Gasteiger partial charge in [-0.1, -0.05) is 0 Å². The van der Waals surface area contributed by atoms with Crippen molar-refractivity contribution in [3.05, 3.63) is 18.2 Å². The summed E-state index contributed by atoms with van der Waals surface area (Å²) in [6, 6.07) is 4.97. The van der Waals surface area contributed by atoms with Crippen LogP contribution >= 0.6 is 11.8 Å². The normalized spacial score (nSPS) is 20.8. The summed E-state index contributed by atoms with van der Waals surface area (Å²) in [4.78, 5) is 37.6. The fourth-order valence-corrected chi connectivity index (χ4v) is 3.47. The van der Waals surface area contributed by atoms with Crippen LogP contribution in [0.25, 0.3) is 0 Å². The van der Waals surface area contributed by atoms with Crippen LogP contribution in [0.4, 0.5) is 5.69 Å². The molecule has 1 aromatic carbocycles. The topological polar surface area (TPSA) is 84.9 Å². The maximum absolute atomic E-state index is 12.3. The molecule has 130 valence electrons. The van der Waals surface area contributed by atoms with Crippen LogP contribution in [0.1, 0.15) is 13.8 Å². The Bertz CT molecular complexity index is 644. The van der Waals surface area contributed by atoms with E-state index in [9.17, 15) is 14.4 Å². The molecule has 1 heterocycles. The Morgan fingerprint density at radius 2 is 1.79 bits per heavy atom. The van der Waals surface area contributed by atoms with E-state index < -0.39 is 5.91 Å². The zero-order valence-corrected chi connectivity index (χ0v) is 14.8. The number of hydrogen-bond donors (Lipinski definition) is 1. The Balaban J connectivity index is 2.13. The van der Waals surface area contributed by atoms with E-state index in [4.69, 9.17) is 9.47 Å². The predicted octanol–water partition coefficient (Wildman–Crippen LogP) is 1.52. The van der Waals surface area contributed by atoms with Crippen LogP contribution in [0.2, 0.25) is 0 Å². The van der Waals surface area contributed by atoms with Crippen molar-refractivity contribution < 1.29 is 23.9 Å². The highest BCUT2D eigenvalue weighted by atomic mass is 32.2. The summed E-state index contributed by atoms with van der Waals surface area (Å²) in [5.41, 5.74) is 0.411. The fourth-order valence-electron chi connectivity index (χ4n) is 2.37. The Kier molecular flexibility index (Phi) is 5.71. The number of carbonyl (C=O) groups is 3. The van der Waals surface area contributed by atoms with E-state index in [0.717, 1.165) is 4.90 Å². The summed E-state index contributed by atoms with van der Waals surface area (Å²) in [5.74, 6) is -0.172. The molecule has 1 aliphatic heterocycles. The first-order valence-corrected chi connectivity index (χ1v) is 8.34. The molecule has 1 N–H and O–H groups in total. The van der Waals surface area contributed by atoms with Gasteiger partial charge in [-0.2, -0.15) is 0 Å². The first kappa shape index (κ1) is 18.1. The SMILES string of the molecule is COc1ccc(OC)c(NC(=O)CN2C(=O)[C@H](C)S[C@H](C)C2=O)c1. The molecule has 2 rings (SSSR count). The van der Waals surface area contributed by atoms with Gasteiger partial charge >= 0.3 is 0 Å². The number of rotatable bonds is 5. The second kappa shape index (κ2) is 7.57. The van der Waals surface area contributed by atoms with Gasteiger partial charge in [0.2, 0.25) is 17.7 Å². The molecule has 1 aromatic rings. The van der Waals surface area contributed by atoms with E-state index in [0.29, 0.717) is 17.2 Å². The molecule has 0 bridgehead atoms. The van der Waals surface area contributed by atoms with Crippen LogP contribution in [0.5, 0.6) is 11.5 Å². The lowest BCUT2D eigenvalue weighted by molar-refractivity contribution is -0.147. The molecule has 1 fully saturated rings. The number of benzene rings is 1. The van der Waals surface area contributed by atoms with Crippen LogP contribution in [0, 0.1) is 0 Å². The molecule has 1 aliphatic rings. The highest BCUT2D eigenvalue weighted by Crippen LogP contribution is 2.30. The fraction of sp³-hybridized carbons (Fsp3) is 0.438. The van der Waals surface area contributed by atoms with Crippen molar-refractivity contribution in [1.29, 1.82) is 0 Å². The summed E-state index contributed by atoms with van der Waals surface area (Å²) in [7, 11) is 2.99. The van der Waals surface area contributed by atoms with Crippen molar-refractivity contribution in [1.82, 2.24) is 4.90 Å². The number of anilines is 1. The van der Waals surface area contributed by atoms with Crippen molar-refractivity contribution in [2.24, 2.45) is 0 Å². The number of imide groups is 1. The second-order valence-electron chi connectivity index (χ2n) is 5.30. The molecule has 3 amide bonds. The van der Waals surface area contributed by atoms with E-state index in [-0.39, 0.29) is 28.9 Å². The summed E-state index contributed by atoms with van der Waals surface area (Å²) >= 11 is 1.29. The first-order chi connectivity index (χ1) is 11.4. The molecule has 2 atom stereocenters. The molecule has 0 unspecified atom stereocenters. The van der Waals surface area contributed by atoms with Crippen molar-refractivity contribution in [2.45, 2.75) is 24.3 Å². The van der Waals surface area contributed by atoms with Crippen LogP contribution in [-0.4, -0.2) is 53.9 Å². The average Bonchev–Trinajstić information content (AvgIpc) is 2.56. The van der Waals surface area contributed by atoms with Crippen LogP contribution in [-0.2, 0) is 14.4 Å². The Hall–Kier alpha value is -2.22. The van der Waals surface area contributed by atoms with Crippen molar-refractivity contribution in [2.75, 3.05) is 26.1 Å². The van der Waals surface area contributed by atoms with Gasteiger partial charge in [0.05, 0.1) is 30.4 Å². The molecule has 7 nitrogen and oxygen atoms in total. The van der Waals surface area contributed by atoms with Crippen LogP contribution in [0.15, 0.2) is 18.2 Å². The summed E-state index contributed by atoms with van der Waals surface area (Å²) in [6.45, 7) is 3.13. The summed E-state index contributed by atoms with van der Waals surface area (Å²) in [5, 5.41) is 1.96. The molecule has 1 saturated heterocycles. The molecule has 0 aromatic heterocycles. The lowest BCUT2D eigenvalue weighted by Crippen LogP contribution is -2.52. The number of ether oxygens (including phenoxy) is 2. The monoisotopic (exact) mass is 352 g/mol. The van der Waals surface area contributed by atoms with Gasteiger partial charge in [-0.15, -0.1) is 11.8 Å². The number of nitrogens with one attached hydrogen (secondary N) is 1. The van der Waals surface area contributed by atoms with Crippen molar-refractivity contribution in [3.8, 4) is 11.5 Å². The largest absolute Gasteiger partial charge is 0.497 e. The minimum absolute atomic E-state index is 0.326. The quantitative estimate of drug-likeness (QED) is 0.809. The maximum atomic E-state index is 12.3. The number of hydrogen-bond acceptors (Lipinski definition) is 6. The van der Waals surface area contributed by atoms with Crippen LogP contribution < -0.4 is 14.8 Å². The van der Waals surface area contributed by atoms with E-state index >= 15 is 0 Å². The van der Waals surface area contributed by atoms with Crippen molar-refractivity contribution in [3.63, 3.8) is 0 Å². The molecule has 8 heteroatoms. The third-order valence-electron chi connectivity index (χ3n) is 3.62. The lowest BCUT2D eigenvalue weighted by atomic mass is 10.2. The molecular weight excluding hydrogens is 332 g/mol. The van der Waals surface area contributed by atoms with E-state index in [1.54, 1.807) is 32.0 Å². The minimum atomic E-state index is -0.477. The van der Waals surface area contributed by atoms with Gasteiger partial charge in [0, 0.05) is 6.07 Å². The summed E-state index contributed by atoms with van der Waals surface area (Å²) in [6.07, 6.45) is 0. The summed E-state index contributed by atoms with van der Waals surface area (Å²) < 4.78 is 10.3. The zero-order valence-electron chi connectivity index (χ0n) is 14.0. The first-order valence-electron chi connectivity index (χ1n) is 7.40. The van der Waals surface area contributed by atoms with Gasteiger partial charge in [-0.25, -0.2) is 0 Å². The third-order valence-corrected chi connectivity index (χ3v) is 4.84. The molecule has 0 radical (unpaired) electrons. The van der Waals surface area contributed by atoms with E-state index in [1.165, 1.54) is 26.0 Å². The zero-order chi connectivity index (χ0) is 17.9. The molecule has 24 heavy (non-hydrogen) atoms. The highest BCUT2D eigenvalue weighted by Gasteiger charge is 2.38. The van der Waals surface area contributed by atoms with E-state index in [1.807, 2.05) is 0 Å². The van der Waals surface area contributed by atoms with Gasteiger partial charge < -0.3 is 14.8 Å². The number of nitrogens with zero attached hydrogens (tertiary/aromatic N) is 1. The Morgan fingerprint density at radius 3 is 2.33 bits per heavy atom. The number of methoxy groups -OCH3 is 2. The third kappa shape index (κ3) is 3.81.